The lowest BCUT2D eigenvalue weighted by atomic mass is 10.1. The third-order valence-electron chi connectivity index (χ3n) is 3.13. The van der Waals surface area contributed by atoms with Crippen molar-refractivity contribution in [3.05, 3.63) is 24.3 Å². The van der Waals surface area contributed by atoms with Gasteiger partial charge in [-0.2, -0.15) is 0 Å². The zero-order chi connectivity index (χ0) is 12.4. The van der Waals surface area contributed by atoms with E-state index in [1.807, 2.05) is 31.2 Å². The molecule has 5 heteroatoms. The molecule has 1 atom stereocenters. The molecule has 0 saturated carbocycles. The highest BCUT2D eigenvalue weighted by atomic mass is 16.4. The average Bonchev–Trinajstić information content (AvgIpc) is 2.29. The quantitative estimate of drug-likeness (QED) is 0.723. The van der Waals surface area contributed by atoms with E-state index in [1.165, 1.54) is 4.90 Å². The summed E-state index contributed by atoms with van der Waals surface area (Å²) in [5, 5.41) is 8.99. The number of carbonyl (C=O) groups is 1. The fraction of sp³-hybridized carbons (Fsp3) is 0.417. The summed E-state index contributed by atoms with van der Waals surface area (Å²) in [6.07, 6.45) is -0.838. The van der Waals surface area contributed by atoms with E-state index in [2.05, 4.69) is 4.90 Å². The van der Waals surface area contributed by atoms with Crippen LogP contribution in [0.15, 0.2) is 24.3 Å². The molecular weight excluding hydrogens is 218 g/mol. The number of piperazine rings is 1. The van der Waals surface area contributed by atoms with E-state index in [0.717, 1.165) is 24.5 Å². The number of nitrogens with two attached hydrogens (primary N) is 1. The molecule has 17 heavy (non-hydrogen) atoms. The Hall–Kier alpha value is -1.91. The first-order chi connectivity index (χ1) is 8.08. The zero-order valence-electron chi connectivity index (χ0n) is 9.84. The molecule has 0 aliphatic carbocycles. The first kappa shape index (κ1) is 11.6. The van der Waals surface area contributed by atoms with Gasteiger partial charge in [0.2, 0.25) is 0 Å². The third-order valence-corrected chi connectivity index (χ3v) is 3.13. The van der Waals surface area contributed by atoms with Crippen molar-refractivity contribution in [2.45, 2.75) is 13.0 Å². The topological polar surface area (TPSA) is 69.8 Å². The van der Waals surface area contributed by atoms with Crippen LogP contribution in [-0.4, -0.2) is 41.8 Å². The largest absolute Gasteiger partial charge is 0.465 e. The molecule has 0 radical (unpaired) electrons. The lowest BCUT2D eigenvalue weighted by molar-refractivity contribution is 0.123. The van der Waals surface area contributed by atoms with Crippen LogP contribution in [0.25, 0.3) is 0 Å². The molecule has 1 aromatic rings. The minimum absolute atomic E-state index is 0.0128. The minimum Gasteiger partial charge on any atom is -0.465 e. The molecule has 1 amide bonds. The van der Waals surface area contributed by atoms with Gasteiger partial charge in [0.1, 0.15) is 0 Å². The van der Waals surface area contributed by atoms with Crippen molar-refractivity contribution in [1.82, 2.24) is 4.90 Å². The molecule has 1 saturated heterocycles. The van der Waals surface area contributed by atoms with Crippen molar-refractivity contribution in [1.29, 1.82) is 0 Å². The molecule has 0 aromatic heterocycles. The van der Waals surface area contributed by atoms with Gasteiger partial charge < -0.3 is 20.6 Å². The van der Waals surface area contributed by atoms with Crippen molar-refractivity contribution < 1.29 is 9.90 Å². The Morgan fingerprint density at radius 3 is 2.53 bits per heavy atom. The van der Waals surface area contributed by atoms with Crippen LogP contribution >= 0.6 is 0 Å². The Labute approximate surface area is 100 Å². The first-order valence-corrected chi connectivity index (χ1v) is 5.68. The summed E-state index contributed by atoms with van der Waals surface area (Å²) >= 11 is 0. The third kappa shape index (κ3) is 2.43. The Kier molecular flexibility index (Phi) is 3.08. The number of benzene rings is 1. The van der Waals surface area contributed by atoms with Gasteiger partial charge in [0.15, 0.2) is 0 Å². The minimum atomic E-state index is -0.838. The number of hydrogen-bond acceptors (Lipinski definition) is 3. The maximum Gasteiger partial charge on any atom is 0.407 e. The molecule has 1 fully saturated rings. The van der Waals surface area contributed by atoms with Gasteiger partial charge >= 0.3 is 6.09 Å². The standard InChI is InChI=1S/C12H17N3O2/c1-9-8-14(6-7-15(9)12(16)17)11-4-2-10(13)3-5-11/h2-5,9H,6-8,13H2,1H3,(H,16,17)/t9-/m0/s1. The van der Waals surface area contributed by atoms with Gasteiger partial charge in [0.05, 0.1) is 0 Å². The molecule has 2 rings (SSSR count). The summed E-state index contributed by atoms with van der Waals surface area (Å²) in [4.78, 5) is 14.6. The fourth-order valence-corrected chi connectivity index (χ4v) is 2.16. The van der Waals surface area contributed by atoms with E-state index in [-0.39, 0.29) is 6.04 Å². The van der Waals surface area contributed by atoms with Crippen LogP contribution in [0.1, 0.15) is 6.92 Å². The van der Waals surface area contributed by atoms with E-state index in [0.29, 0.717) is 6.54 Å². The number of anilines is 2. The van der Waals surface area contributed by atoms with E-state index in [9.17, 15) is 4.79 Å². The predicted molar refractivity (Wildman–Crippen MR) is 67.3 cm³/mol. The SMILES string of the molecule is C[C@H]1CN(c2ccc(N)cc2)CCN1C(=O)O. The van der Waals surface area contributed by atoms with Gasteiger partial charge in [-0.3, -0.25) is 0 Å². The van der Waals surface area contributed by atoms with Gasteiger partial charge in [0, 0.05) is 37.1 Å². The smallest absolute Gasteiger partial charge is 0.407 e. The maximum atomic E-state index is 10.9. The second-order valence-corrected chi connectivity index (χ2v) is 4.36. The number of nitrogens with zero attached hydrogens (tertiary/aromatic N) is 2. The molecule has 0 bridgehead atoms. The highest BCUT2D eigenvalue weighted by Gasteiger charge is 2.26. The molecular formula is C12H17N3O2. The van der Waals surface area contributed by atoms with Crippen molar-refractivity contribution in [3.8, 4) is 0 Å². The Balaban J connectivity index is 2.06. The molecule has 1 aliphatic rings. The van der Waals surface area contributed by atoms with Crippen molar-refractivity contribution in [2.24, 2.45) is 0 Å². The Morgan fingerprint density at radius 1 is 1.35 bits per heavy atom. The highest BCUT2D eigenvalue weighted by molar-refractivity contribution is 5.66. The zero-order valence-corrected chi connectivity index (χ0v) is 9.84. The second kappa shape index (κ2) is 4.53. The van der Waals surface area contributed by atoms with Gasteiger partial charge in [-0.05, 0) is 31.2 Å². The van der Waals surface area contributed by atoms with Gasteiger partial charge in [0.25, 0.3) is 0 Å². The summed E-state index contributed by atoms with van der Waals surface area (Å²) < 4.78 is 0. The number of carboxylic acid groups (broad SMARTS) is 1. The normalized spacial score (nSPS) is 20.4. The van der Waals surface area contributed by atoms with Crippen LogP contribution in [0.3, 0.4) is 0 Å². The van der Waals surface area contributed by atoms with E-state index in [1.54, 1.807) is 0 Å². The van der Waals surface area contributed by atoms with Gasteiger partial charge in [-0.15, -0.1) is 0 Å². The maximum absolute atomic E-state index is 10.9. The second-order valence-electron chi connectivity index (χ2n) is 4.36. The van der Waals surface area contributed by atoms with Crippen molar-refractivity contribution in [3.63, 3.8) is 0 Å². The van der Waals surface area contributed by atoms with E-state index >= 15 is 0 Å². The van der Waals surface area contributed by atoms with Crippen LogP contribution in [0.2, 0.25) is 0 Å². The number of hydrogen-bond donors (Lipinski definition) is 2. The van der Waals surface area contributed by atoms with Crippen LogP contribution in [0, 0.1) is 0 Å². The number of amides is 1. The Bertz CT molecular complexity index is 405. The first-order valence-electron chi connectivity index (χ1n) is 5.68. The molecule has 92 valence electrons. The van der Waals surface area contributed by atoms with Crippen LogP contribution < -0.4 is 10.6 Å². The lowest BCUT2D eigenvalue weighted by Gasteiger charge is -2.39. The molecule has 1 heterocycles. The molecule has 5 nitrogen and oxygen atoms in total. The average molecular weight is 235 g/mol. The van der Waals surface area contributed by atoms with Crippen LogP contribution in [-0.2, 0) is 0 Å². The molecule has 0 unspecified atom stereocenters. The lowest BCUT2D eigenvalue weighted by Crippen LogP contribution is -2.53. The van der Waals surface area contributed by atoms with E-state index < -0.39 is 6.09 Å². The summed E-state index contributed by atoms with van der Waals surface area (Å²) in [7, 11) is 0. The molecule has 1 aromatic carbocycles. The molecule has 1 aliphatic heterocycles. The predicted octanol–water partition coefficient (Wildman–Crippen LogP) is 1.46. The van der Waals surface area contributed by atoms with Crippen LogP contribution in [0.5, 0.6) is 0 Å². The summed E-state index contributed by atoms with van der Waals surface area (Å²) in [5.41, 5.74) is 7.48. The van der Waals surface area contributed by atoms with Crippen molar-refractivity contribution >= 4 is 17.5 Å². The monoisotopic (exact) mass is 235 g/mol. The molecule has 3 N–H and O–H groups in total. The summed E-state index contributed by atoms with van der Waals surface area (Å²) in [5.74, 6) is 0. The summed E-state index contributed by atoms with van der Waals surface area (Å²) in [6, 6.07) is 7.68. The van der Waals surface area contributed by atoms with E-state index in [4.69, 9.17) is 10.8 Å². The highest BCUT2D eigenvalue weighted by Crippen LogP contribution is 2.20. The summed E-state index contributed by atoms with van der Waals surface area (Å²) in [6.45, 7) is 3.91. The van der Waals surface area contributed by atoms with Gasteiger partial charge in [-0.25, -0.2) is 4.79 Å². The Morgan fingerprint density at radius 2 is 2.00 bits per heavy atom. The van der Waals surface area contributed by atoms with Crippen LogP contribution in [0.4, 0.5) is 16.2 Å². The number of nitrogen functional groups attached to an aromatic ring is 1. The van der Waals surface area contributed by atoms with Gasteiger partial charge in [-0.1, -0.05) is 0 Å². The van der Waals surface area contributed by atoms with Crippen molar-refractivity contribution in [2.75, 3.05) is 30.3 Å². The fourth-order valence-electron chi connectivity index (χ4n) is 2.16. The molecule has 0 spiro atoms. The number of rotatable bonds is 1.